The maximum absolute atomic E-state index is 13.9. The number of carbonyl (C=O) groups is 2. The van der Waals surface area contributed by atoms with Crippen LogP contribution in [0.4, 0.5) is 14.5 Å². The lowest BCUT2D eigenvalue weighted by Crippen LogP contribution is -2.55. The number of benzene rings is 1. The first-order valence-electron chi connectivity index (χ1n) is 11.9. The highest BCUT2D eigenvalue weighted by Crippen LogP contribution is 2.37. The van der Waals surface area contributed by atoms with Gasteiger partial charge in [0.25, 0.3) is 5.91 Å². The molecule has 1 saturated heterocycles. The highest BCUT2D eigenvalue weighted by molar-refractivity contribution is 6.30. The maximum Gasteiger partial charge on any atom is 0.387 e. The summed E-state index contributed by atoms with van der Waals surface area (Å²) in [6.45, 7) is 2.07. The van der Waals surface area contributed by atoms with Gasteiger partial charge in [-0.05, 0) is 37.0 Å². The molecule has 0 aliphatic carbocycles. The summed E-state index contributed by atoms with van der Waals surface area (Å²) in [4.78, 5) is 28.0. The number of methoxy groups -OCH3 is 1. The van der Waals surface area contributed by atoms with Crippen molar-refractivity contribution in [3.63, 3.8) is 0 Å². The largest absolute Gasteiger partial charge is 0.469 e. The minimum absolute atomic E-state index is 0.0228. The van der Waals surface area contributed by atoms with Crippen LogP contribution in [0.3, 0.4) is 0 Å². The molecule has 1 atom stereocenters. The van der Waals surface area contributed by atoms with Gasteiger partial charge < -0.3 is 19.7 Å². The van der Waals surface area contributed by atoms with Crippen molar-refractivity contribution in [2.75, 3.05) is 32.1 Å². The molecule has 200 valence electrons. The second-order valence-corrected chi connectivity index (χ2v) is 9.65. The minimum atomic E-state index is -3.10. The van der Waals surface area contributed by atoms with Crippen LogP contribution in [0.15, 0.2) is 30.5 Å². The zero-order valence-corrected chi connectivity index (χ0v) is 21.7. The van der Waals surface area contributed by atoms with Gasteiger partial charge in [-0.3, -0.25) is 14.3 Å². The van der Waals surface area contributed by atoms with E-state index in [1.807, 2.05) is 30.9 Å². The van der Waals surface area contributed by atoms with Gasteiger partial charge in [-0.1, -0.05) is 25.4 Å². The lowest BCUT2D eigenvalue weighted by molar-refractivity contribution is -0.146. The molecule has 1 amide bonds. The van der Waals surface area contributed by atoms with E-state index in [0.29, 0.717) is 32.5 Å². The lowest BCUT2D eigenvalue weighted by atomic mass is 9.85. The average molecular weight is 538 g/mol. The van der Waals surface area contributed by atoms with Crippen LogP contribution in [0.2, 0.25) is 5.02 Å². The van der Waals surface area contributed by atoms with Gasteiger partial charge in [0.2, 0.25) is 0 Å². The van der Waals surface area contributed by atoms with Crippen molar-refractivity contribution in [3.05, 3.63) is 41.2 Å². The summed E-state index contributed by atoms with van der Waals surface area (Å²) >= 11 is 5.95. The normalized spacial score (nSPS) is 16.3. The predicted molar refractivity (Wildman–Crippen MR) is 132 cm³/mol. The van der Waals surface area contributed by atoms with Gasteiger partial charge in [0.05, 0.1) is 24.8 Å². The summed E-state index contributed by atoms with van der Waals surface area (Å²) in [6.07, 6.45) is 2.32. The number of hydrogen-bond acceptors (Lipinski definition) is 7. The molecule has 3 rings (SSSR count). The Morgan fingerprint density at radius 2 is 1.97 bits per heavy atom. The van der Waals surface area contributed by atoms with Gasteiger partial charge in [-0.2, -0.15) is 19.1 Å². The lowest BCUT2D eigenvalue weighted by Gasteiger charge is -2.42. The molecule has 1 fully saturated rings. The van der Waals surface area contributed by atoms with Crippen molar-refractivity contribution in [1.29, 1.82) is 5.26 Å². The number of aromatic nitrogens is 2. The van der Waals surface area contributed by atoms with Crippen molar-refractivity contribution in [2.24, 2.45) is 5.92 Å². The van der Waals surface area contributed by atoms with E-state index < -0.39 is 29.9 Å². The van der Waals surface area contributed by atoms with Gasteiger partial charge in [0.1, 0.15) is 5.54 Å². The Balaban J connectivity index is 1.91. The van der Waals surface area contributed by atoms with Crippen LogP contribution in [-0.2, 0) is 19.9 Å². The van der Waals surface area contributed by atoms with Crippen LogP contribution >= 0.6 is 11.6 Å². The highest BCUT2D eigenvalue weighted by atomic mass is 35.5. The zero-order chi connectivity index (χ0) is 27.2. The fraction of sp³-hybridized carbons (Fsp3) is 0.520. The van der Waals surface area contributed by atoms with E-state index in [9.17, 15) is 18.4 Å². The molecule has 37 heavy (non-hydrogen) atoms. The van der Waals surface area contributed by atoms with E-state index in [4.69, 9.17) is 21.6 Å². The van der Waals surface area contributed by atoms with E-state index in [2.05, 4.69) is 15.2 Å². The molecule has 9 nitrogen and oxygen atoms in total. The van der Waals surface area contributed by atoms with Crippen LogP contribution in [-0.4, -0.2) is 59.9 Å². The summed E-state index contributed by atoms with van der Waals surface area (Å²) in [5, 5.41) is 16.5. The van der Waals surface area contributed by atoms with Crippen molar-refractivity contribution in [3.8, 4) is 11.8 Å². The molecule has 0 saturated carbocycles. The molecule has 1 N–H and O–H groups in total. The number of hydrogen-bond donors (Lipinski definition) is 1. The van der Waals surface area contributed by atoms with Gasteiger partial charge in [-0.25, -0.2) is 0 Å². The molecule has 2 aromatic rings. The summed E-state index contributed by atoms with van der Waals surface area (Å²) in [6, 6.07) is 7.97. The van der Waals surface area contributed by atoms with Crippen LogP contribution < -0.4 is 10.1 Å². The molecule has 1 aliphatic rings. The Hall–Kier alpha value is -3.23. The van der Waals surface area contributed by atoms with Crippen LogP contribution in [0.1, 0.15) is 44.7 Å². The van der Waals surface area contributed by atoms with E-state index in [0.717, 1.165) is 5.69 Å². The average Bonchev–Trinajstić information content (AvgIpc) is 3.36. The Bertz CT molecular complexity index is 1140. The molecule has 1 aromatic heterocycles. The summed E-state index contributed by atoms with van der Waals surface area (Å²) < 4.78 is 37.1. The topological polar surface area (TPSA) is 109 Å². The van der Waals surface area contributed by atoms with Crippen molar-refractivity contribution in [1.82, 2.24) is 14.7 Å². The SMILES string of the molecule is COC(=O)C(CC#N)CN1CCC(C(=O)Nc2ccc(Cl)cc2OC(F)F)(n2nccc2C(C)C)CC1. The third kappa shape index (κ3) is 6.56. The number of anilines is 1. The van der Waals surface area contributed by atoms with Crippen molar-refractivity contribution < 1.29 is 27.8 Å². The number of amides is 1. The van der Waals surface area contributed by atoms with Crippen LogP contribution in [0.25, 0.3) is 0 Å². The van der Waals surface area contributed by atoms with E-state index >= 15 is 0 Å². The number of carbonyl (C=O) groups excluding carboxylic acids is 2. The Morgan fingerprint density at radius 3 is 2.57 bits per heavy atom. The molecule has 1 aromatic carbocycles. The number of rotatable bonds is 10. The summed E-state index contributed by atoms with van der Waals surface area (Å²) in [5.74, 6) is -1.67. The molecular formula is C25H30ClF2N5O4. The van der Waals surface area contributed by atoms with Crippen LogP contribution in [0, 0.1) is 17.2 Å². The van der Waals surface area contributed by atoms with Crippen molar-refractivity contribution >= 4 is 29.2 Å². The number of piperidine rings is 1. The van der Waals surface area contributed by atoms with Crippen molar-refractivity contribution in [2.45, 2.75) is 51.2 Å². The molecule has 1 unspecified atom stereocenters. The Labute approximate surface area is 219 Å². The standard InChI is InChI=1S/C25H30ClF2N5O4/c1-16(2)20-7-11-30-33(20)25(8-12-32(13-9-25)15-17(6-10-29)22(34)36-3)23(35)31-19-5-4-18(26)14-21(19)37-24(27)28/h4-5,7,11,14,16-17,24H,6,8-9,12-13,15H2,1-3H3,(H,31,35). The number of likely N-dealkylation sites (tertiary alicyclic amines) is 1. The fourth-order valence-corrected chi connectivity index (χ4v) is 4.75. The summed E-state index contributed by atoms with van der Waals surface area (Å²) in [7, 11) is 1.28. The van der Waals surface area contributed by atoms with Gasteiger partial charge >= 0.3 is 12.6 Å². The number of nitrogens with zero attached hydrogens (tertiary/aromatic N) is 4. The maximum atomic E-state index is 13.9. The minimum Gasteiger partial charge on any atom is -0.469 e. The molecule has 0 spiro atoms. The summed E-state index contributed by atoms with van der Waals surface area (Å²) in [5.41, 5.74) is -0.215. The quantitative estimate of drug-likeness (QED) is 0.447. The molecule has 0 radical (unpaired) electrons. The van der Waals surface area contributed by atoms with E-state index in [1.54, 1.807) is 10.9 Å². The predicted octanol–water partition coefficient (Wildman–Crippen LogP) is 4.39. The smallest absolute Gasteiger partial charge is 0.387 e. The molecule has 1 aliphatic heterocycles. The number of esters is 1. The first kappa shape index (κ1) is 28.3. The first-order valence-corrected chi connectivity index (χ1v) is 12.3. The fourth-order valence-electron chi connectivity index (χ4n) is 4.59. The van der Waals surface area contributed by atoms with E-state index in [-0.39, 0.29) is 28.8 Å². The molecule has 12 heteroatoms. The van der Waals surface area contributed by atoms with Gasteiger partial charge in [-0.15, -0.1) is 0 Å². The first-order chi connectivity index (χ1) is 17.6. The number of nitriles is 1. The van der Waals surface area contributed by atoms with E-state index in [1.165, 1.54) is 25.3 Å². The second-order valence-electron chi connectivity index (χ2n) is 9.21. The number of alkyl halides is 2. The molecule has 2 heterocycles. The number of ether oxygens (including phenoxy) is 2. The van der Waals surface area contributed by atoms with Gasteiger partial charge in [0.15, 0.2) is 5.75 Å². The third-order valence-corrected chi connectivity index (χ3v) is 6.77. The molecular weight excluding hydrogens is 508 g/mol. The second kappa shape index (κ2) is 12.3. The monoisotopic (exact) mass is 537 g/mol. The van der Waals surface area contributed by atoms with Crippen LogP contribution in [0.5, 0.6) is 5.75 Å². The Morgan fingerprint density at radius 1 is 1.27 bits per heavy atom. The Kier molecular flexibility index (Phi) is 9.45. The van der Waals surface area contributed by atoms with Gasteiger partial charge in [0, 0.05) is 49.0 Å². The number of halogens is 3. The molecule has 0 bridgehead atoms. The third-order valence-electron chi connectivity index (χ3n) is 6.53. The highest BCUT2D eigenvalue weighted by Gasteiger charge is 2.46. The number of nitrogens with one attached hydrogen (secondary N) is 1. The zero-order valence-electron chi connectivity index (χ0n) is 20.9.